The van der Waals surface area contributed by atoms with Gasteiger partial charge in [-0.25, -0.2) is 4.98 Å². The maximum atomic E-state index is 12.7. The highest BCUT2D eigenvalue weighted by molar-refractivity contribution is 5.80. The standard InChI is InChI=1S/C18H18N4O/c19-10-12-2-1-3-14(8-12)18(6-7-18)22-17(23)13-4-5-15-16(9-13)21-11-20-15/h1-3,8,11,13H,4-7,9H2,(H,20,21)(H,22,23)/t13-/m1/s1. The van der Waals surface area contributed by atoms with Crippen molar-refractivity contribution in [1.82, 2.24) is 15.3 Å². The summed E-state index contributed by atoms with van der Waals surface area (Å²) in [5, 5.41) is 12.3. The van der Waals surface area contributed by atoms with Crippen LogP contribution in [0.5, 0.6) is 0 Å². The molecule has 23 heavy (non-hydrogen) atoms. The topological polar surface area (TPSA) is 81.6 Å². The van der Waals surface area contributed by atoms with Gasteiger partial charge in [0.2, 0.25) is 5.91 Å². The lowest BCUT2D eigenvalue weighted by Gasteiger charge is -2.25. The molecule has 0 aliphatic heterocycles. The van der Waals surface area contributed by atoms with Crippen LogP contribution in [0.3, 0.4) is 0 Å². The first-order chi connectivity index (χ1) is 11.2. The van der Waals surface area contributed by atoms with Crippen LogP contribution < -0.4 is 5.32 Å². The van der Waals surface area contributed by atoms with Crippen LogP contribution in [0.1, 0.15) is 41.8 Å². The average Bonchev–Trinajstić information content (AvgIpc) is 3.21. The number of hydrogen-bond acceptors (Lipinski definition) is 3. The monoisotopic (exact) mass is 306 g/mol. The van der Waals surface area contributed by atoms with Crippen LogP contribution in [-0.2, 0) is 23.2 Å². The van der Waals surface area contributed by atoms with Crippen molar-refractivity contribution < 1.29 is 4.79 Å². The average molecular weight is 306 g/mol. The van der Waals surface area contributed by atoms with Gasteiger partial charge in [-0.3, -0.25) is 4.79 Å². The number of nitriles is 1. The van der Waals surface area contributed by atoms with Gasteiger partial charge in [0.05, 0.1) is 29.2 Å². The van der Waals surface area contributed by atoms with Crippen LogP contribution in [0.4, 0.5) is 0 Å². The van der Waals surface area contributed by atoms with Crippen molar-refractivity contribution in [3.05, 3.63) is 53.1 Å². The number of hydrogen-bond donors (Lipinski definition) is 2. The summed E-state index contributed by atoms with van der Waals surface area (Å²) in [6.45, 7) is 0. The van der Waals surface area contributed by atoms with E-state index in [2.05, 4.69) is 21.4 Å². The van der Waals surface area contributed by atoms with E-state index in [0.717, 1.165) is 49.1 Å². The molecule has 1 aromatic carbocycles. The van der Waals surface area contributed by atoms with E-state index >= 15 is 0 Å². The summed E-state index contributed by atoms with van der Waals surface area (Å²) in [4.78, 5) is 20.1. The van der Waals surface area contributed by atoms with Gasteiger partial charge in [-0.15, -0.1) is 0 Å². The van der Waals surface area contributed by atoms with Gasteiger partial charge in [0.1, 0.15) is 0 Å². The summed E-state index contributed by atoms with van der Waals surface area (Å²) in [5.74, 6) is 0.115. The van der Waals surface area contributed by atoms with E-state index < -0.39 is 0 Å². The Morgan fingerprint density at radius 1 is 1.43 bits per heavy atom. The molecule has 1 saturated carbocycles. The van der Waals surface area contributed by atoms with Gasteiger partial charge in [0, 0.05) is 18.0 Å². The first-order valence-corrected chi connectivity index (χ1v) is 8.04. The van der Waals surface area contributed by atoms with E-state index in [4.69, 9.17) is 5.26 Å². The molecule has 2 N–H and O–H groups in total. The van der Waals surface area contributed by atoms with Crippen molar-refractivity contribution in [3.63, 3.8) is 0 Å². The van der Waals surface area contributed by atoms with E-state index in [1.54, 1.807) is 12.4 Å². The number of amides is 1. The Bertz CT molecular complexity index is 797. The molecular weight excluding hydrogens is 288 g/mol. The molecule has 0 radical (unpaired) electrons. The summed E-state index contributed by atoms with van der Waals surface area (Å²) in [7, 11) is 0. The molecule has 2 aromatic rings. The first-order valence-electron chi connectivity index (χ1n) is 8.04. The van der Waals surface area contributed by atoms with Crippen LogP contribution >= 0.6 is 0 Å². The van der Waals surface area contributed by atoms with Gasteiger partial charge in [-0.05, 0) is 43.4 Å². The predicted molar refractivity (Wildman–Crippen MR) is 84.3 cm³/mol. The fourth-order valence-corrected chi connectivity index (χ4v) is 3.46. The number of aryl methyl sites for hydroxylation is 1. The number of carbonyl (C=O) groups is 1. The van der Waals surface area contributed by atoms with Crippen molar-refractivity contribution in [2.45, 2.75) is 37.6 Å². The molecule has 1 aromatic heterocycles. The van der Waals surface area contributed by atoms with Crippen LogP contribution in [0.25, 0.3) is 0 Å². The summed E-state index contributed by atoms with van der Waals surface area (Å²) in [6, 6.07) is 9.74. The highest BCUT2D eigenvalue weighted by atomic mass is 16.2. The molecular formula is C18H18N4O. The number of rotatable bonds is 3. The Balaban J connectivity index is 1.49. The molecule has 1 fully saturated rings. The minimum absolute atomic E-state index is 0.000394. The Morgan fingerprint density at radius 3 is 3.09 bits per heavy atom. The zero-order valence-electron chi connectivity index (χ0n) is 12.8. The number of carbonyl (C=O) groups excluding carboxylic acids is 1. The molecule has 5 heteroatoms. The molecule has 1 heterocycles. The van der Waals surface area contributed by atoms with Crippen LogP contribution in [-0.4, -0.2) is 15.9 Å². The predicted octanol–water partition coefficient (Wildman–Crippen LogP) is 2.19. The normalized spacial score (nSPS) is 21.1. The first kappa shape index (κ1) is 14.0. The largest absolute Gasteiger partial charge is 0.348 e. The lowest BCUT2D eigenvalue weighted by molar-refractivity contribution is -0.126. The molecule has 4 rings (SSSR count). The van der Waals surface area contributed by atoms with Crippen molar-refractivity contribution in [1.29, 1.82) is 5.26 Å². The fourth-order valence-electron chi connectivity index (χ4n) is 3.46. The zero-order chi connectivity index (χ0) is 15.9. The number of benzene rings is 1. The van der Waals surface area contributed by atoms with Crippen LogP contribution in [0.2, 0.25) is 0 Å². The summed E-state index contributed by atoms with van der Waals surface area (Å²) in [5.41, 5.74) is 3.61. The van der Waals surface area contributed by atoms with Crippen LogP contribution in [0.15, 0.2) is 30.6 Å². The minimum atomic E-state index is -0.266. The SMILES string of the molecule is N#Cc1cccc(C2(NC(=O)[C@@H]3CCc4nc[nH]c4C3)CC2)c1. The second kappa shape index (κ2) is 5.24. The van der Waals surface area contributed by atoms with E-state index in [1.165, 1.54) is 0 Å². The van der Waals surface area contributed by atoms with Gasteiger partial charge >= 0.3 is 0 Å². The second-order valence-electron chi connectivity index (χ2n) is 6.53. The van der Waals surface area contributed by atoms with Gasteiger partial charge in [-0.2, -0.15) is 5.26 Å². The van der Waals surface area contributed by atoms with Gasteiger partial charge < -0.3 is 10.3 Å². The number of H-pyrrole nitrogens is 1. The van der Waals surface area contributed by atoms with Gasteiger partial charge in [0.25, 0.3) is 0 Å². The summed E-state index contributed by atoms with van der Waals surface area (Å²) >= 11 is 0. The molecule has 0 spiro atoms. The number of imidazole rings is 1. The van der Waals surface area contributed by atoms with Gasteiger partial charge in [-0.1, -0.05) is 12.1 Å². The number of aromatic amines is 1. The second-order valence-corrected chi connectivity index (χ2v) is 6.53. The Hall–Kier alpha value is -2.61. The molecule has 116 valence electrons. The quantitative estimate of drug-likeness (QED) is 0.912. The summed E-state index contributed by atoms with van der Waals surface area (Å²) in [6.07, 6.45) is 6.02. The highest BCUT2D eigenvalue weighted by Crippen LogP contribution is 2.46. The third kappa shape index (κ3) is 2.50. The zero-order valence-corrected chi connectivity index (χ0v) is 12.8. The fraction of sp³-hybridized carbons (Fsp3) is 0.389. The number of aromatic nitrogens is 2. The molecule has 1 amide bonds. The Morgan fingerprint density at radius 2 is 2.30 bits per heavy atom. The summed E-state index contributed by atoms with van der Waals surface area (Å²) < 4.78 is 0. The number of nitrogens with zero attached hydrogens (tertiary/aromatic N) is 2. The van der Waals surface area contributed by atoms with Crippen molar-refractivity contribution in [3.8, 4) is 6.07 Å². The third-order valence-corrected chi connectivity index (χ3v) is 5.02. The van der Waals surface area contributed by atoms with E-state index in [-0.39, 0.29) is 17.4 Å². The molecule has 2 aliphatic rings. The lowest BCUT2D eigenvalue weighted by atomic mass is 9.88. The molecule has 0 saturated heterocycles. The van der Waals surface area contributed by atoms with E-state index in [1.807, 2.05) is 18.2 Å². The minimum Gasteiger partial charge on any atom is -0.348 e. The maximum Gasteiger partial charge on any atom is 0.224 e. The van der Waals surface area contributed by atoms with E-state index in [0.29, 0.717) is 5.56 Å². The molecule has 5 nitrogen and oxygen atoms in total. The maximum absolute atomic E-state index is 12.7. The number of nitrogens with one attached hydrogen (secondary N) is 2. The molecule has 2 aliphatic carbocycles. The Kier molecular flexibility index (Phi) is 3.19. The van der Waals surface area contributed by atoms with Crippen molar-refractivity contribution >= 4 is 5.91 Å². The number of fused-ring (bicyclic) bond motifs is 1. The third-order valence-electron chi connectivity index (χ3n) is 5.02. The highest BCUT2D eigenvalue weighted by Gasteiger charge is 2.46. The van der Waals surface area contributed by atoms with Gasteiger partial charge in [0.15, 0.2) is 0 Å². The lowest BCUT2D eigenvalue weighted by Crippen LogP contribution is -2.40. The van der Waals surface area contributed by atoms with Crippen molar-refractivity contribution in [2.75, 3.05) is 0 Å². The molecule has 0 bridgehead atoms. The van der Waals surface area contributed by atoms with E-state index in [9.17, 15) is 4.79 Å². The smallest absolute Gasteiger partial charge is 0.224 e. The van der Waals surface area contributed by atoms with Crippen LogP contribution in [0, 0.1) is 17.2 Å². The Labute approximate surface area is 134 Å². The molecule has 1 atom stereocenters. The molecule has 0 unspecified atom stereocenters. The van der Waals surface area contributed by atoms with Crippen molar-refractivity contribution in [2.24, 2.45) is 5.92 Å².